The summed E-state index contributed by atoms with van der Waals surface area (Å²) in [6, 6.07) is 15.1. The normalized spacial score (nSPS) is 10.6. The van der Waals surface area contributed by atoms with Crippen molar-refractivity contribution in [3.8, 4) is 0 Å². The number of rotatable bonds is 3. The minimum atomic E-state index is 0.0780. The van der Waals surface area contributed by atoms with Crippen LogP contribution >= 0.6 is 0 Å². The van der Waals surface area contributed by atoms with Gasteiger partial charge < -0.3 is 5.73 Å². The molecule has 0 radical (unpaired) electrons. The van der Waals surface area contributed by atoms with E-state index in [1.807, 2.05) is 48.5 Å². The molecule has 0 atom stereocenters. The standard InChI is InChI=1S/C17H14N2O/c18-14-5-1-3-12(9-14)10-17(20)15-6-2-4-13-7-8-19-11-16(13)15/h1-9,11H,10,18H2. The summed E-state index contributed by atoms with van der Waals surface area (Å²) in [7, 11) is 0. The molecule has 0 aliphatic heterocycles. The van der Waals surface area contributed by atoms with Crippen LogP contribution in [0.3, 0.4) is 0 Å². The summed E-state index contributed by atoms with van der Waals surface area (Å²) in [6.07, 6.45) is 3.81. The second-order valence-electron chi connectivity index (χ2n) is 4.75. The zero-order valence-corrected chi connectivity index (χ0v) is 10.9. The average molecular weight is 262 g/mol. The van der Waals surface area contributed by atoms with E-state index < -0.39 is 0 Å². The first kappa shape index (κ1) is 12.4. The Balaban J connectivity index is 1.97. The van der Waals surface area contributed by atoms with Gasteiger partial charge in [0.2, 0.25) is 0 Å². The van der Waals surface area contributed by atoms with Crippen LogP contribution in [0, 0.1) is 0 Å². The number of carbonyl (C=O) groups is 1. The van der Waals surface area contributed by atoms with Crippen molar-refractivity contribution in [1.29, 1.82) is 0 Å². The molecule has 0 bridgehead atoms. The molecular formula is C17H14N2O. The number of nitrogens with zero attached hydrogens (tertiary/aromatic N) is 1. The summed E-state index contributed by atoms with van der Waals surface area (Å²) in [4.78, 5) is 16.6. The summed E-state index contributed by atoms with van der Waals surface area (Å²) in [6.45, 7) is 0. The molecule has 2 aromatic carbocycles. The van der Waals surface area contributed by atoms with Crippen molar-refractivity contribution >= 4 is 22.2 Å². The maximum Gasteiger partial charge on any atom is 0.167 e. The lowest BCUT2D eigenvalue weighted by Crippen LogP contribution is -2.04. The number of hydrogen-bond donors (Lipinski definition) is 1. The molecule has 3 rings (SSSR count). The van der Waals surface area contributed by atoms with Gasteiger partial charge in [-0.3, -0.25) is 9.78 Å². The van der Waals surface area contributed by atoms with Crippen molar-refractivity contribution in [2.24, 2.45) is 0 Å². The van der Waals surface area contributed by atoms with Gasteiger partial charge >= 0.3 is 0 Å². The van der Waals surface area contributed by atoms with Crippen LogP contribution in [0.1, 0.15) is 15.9 Å². The predicted octanol–water partition coefficient (Wildman–Crippen LogP) is 3.24. The Morgan fingerprint density at radius 1 is 1.10 bits per heavy atom. The maximum absolute atomic E-state index is 12.5. The van der Waals surface area contributed by atoms with E-state index in [2.05, 4.69) is 4.98 Å². The highest BCUT2D eigenvalue weighted by Crippen LogP contribution is 2.19. The van der Waals surface area contributed by atoms with Crippen LogP contribution in [-0.2, 0) is 6.42 Å². The van der Waals surface area contributed by atoms with Crippen molar-refractivity contribution < 1.29 is 4.79 Å². The van der Waals surface area contributed by atoms with Crippen LogP contribution in [0.5, 0.6) is 0 Å². The Morgan fingerprint density at radius 2 is 1.95 bits per heavy atom. The third kappa shape index (κ3) is 2.38. The fraction of sp³-hybridized carbons (Fsp3) is 0.0588. The maximum atomic E-state index is 12.5. The van der Waals surface area contributed by atoms with E-state index >= 15 is 0 Å². The van der Waals surface area contributed by atoms with Gasteiger partial charge in [-0.25, -0.2) is 0 Å². The first-order valence-corrected chi connectivity index (χ1v) is 6.44. The van der Waals surface area contributed by atoms with Crippen LogP contribution in [0.15, 0.2) is 60.9 Å². The van der Waals surface area contributed by atoms with E-state index in [1.165, 1.54) is 0 Å². The Hall–Kier alpha value is -2.68. The molecule has 1 heterocycles. The Kier molecular flexibility index (Phi) is 3.17. The van der Waals surface area contributed by atoms with Crippen molar-refractivity contribution in [3.05, 3.63) is 72.1 Å². The Morgan fingerprint density at radius 3 is 2.80 bits per heavy atom. The lowest BCUT2D eigenvalue weighted by atomic mass is 9.98. The number of aromatic nitrogens is 1. The number of ketones is 1. The van der Waals surface area contributed by atoms with Gasteiger partial charge in [0.15, 0.2) is 5.78 Å². The highest BCUT2D eigenvalue weighted by Gasteiger charge is 2.10. The highest BCUT2D eigenvalue weighted by molar-refractivity contribution is 6.08. The van der Waals surface area contributed by atoms with Crippen molar-refractivity contribution in [1.82, 2.24) is 4.98 Å². The molecule has 0 amide bonds. The smallest absolute Gasteiger partial charge is 0.167 e. The molecule has 20 heavy (non-hydrogen) atoms. The molecule has 0 saturated heterocycles. The topological polar surface area (TPSA) is 56.0 Å². The fourth-order valence-electron chi connectivity index (χ4n) is 2.34. The molecule has 0 saturated carbocycles. The lowest BCUT2D eigenvalue weighted by molar-refractivity contribution is 0.0994. The number of hydrogen-bond acceptors (Lipinski definition) is 3. The van der Waals surface area contributed by atoms with Crippen molar-refractivity contribution in [2.75, 3.05) is 5.73 Å². The quantitative estimate of drug-likeness (QED) is 0.582. The summed E-state index contributed by atoms with van der Waals surface area (Å²) in [5.41, 5.74) is 8.05. The molecule has 2 N–H and O–H groups in total. The fourth-order valence-corrected chi connectivity index (χ4v) is 2.34. The summed E-state index contributed by atoms with van der Waals surface area (Å²) >= 11 is 0. The minimum Gasteiger partial charge on any atom is -0.399 e. The van der Waals surface area contributed by atoms with Crippen LogP contribution in [0.2, 0.25) is 0 Å². The number of Topliss-reactive ketones (excluding diaryl/α,β-unsaturated/α-hetero) is 1. The molecule has 0 aliphatic rings. The summed E-state index contributed by atoms with van der Waals surface area (Å²) in [5.74, 6) is 0.0780. The van der Waals surface area contributed by atoms with Gasteiger partial charge in [-0.05, 0) is 29.1 Å². The van der Waals surface area contributed by atoms with Crippen molar-refractivity contribution in [3.63, 3.8) is 0 Å². The van der Waals surface area contributed by atoms with Crippen LogP contribution in [0.4, 0.5) is 5.69 Å². The number of nitrogen functional groups attached to an aromatic ring is 1. The Bertz CT molecular complexity index is 775. The summed E-state index contributed by atoms with van der Waals surface area (Å²) in [5, 5.41) is 1.92. The number of carbonyl (C=O) groups excluding carboxylic acids is 1. The number of nitrogens with two attached hydrogens (primary N) is 1. The largest absolute Gasteiger partial charge is 0.399 e. The van der Waals surface area contributed by atoms with Gasteiger partial charge in [0, 0.05) is 35.5 Å². The molecular weight excluding hydrogens is 248 g/mol. The van der Waals surface area contributed by atoms with Crippen molar-refractivity contribution in [2.45, 2.75) is 6.42 Å². The first-order valence-electron chi connectivity index (χ1n) is 6.44. The van der Waals surface area contributed by atoms with Crippen LogP contribution in [-0.4, -0.2) is 10.8 Å². The third-order valence-corrected chi connectivity index (χ3v) is 3.30. The third-order valence-electron chi connectivity index (χ3n) is 3.30. The minimum absolute atomic E-state index is 0.0780. The zero-order chi connectivity index (χ0) is 13.9. The highest BCUT2D eigenvalue weighted by atomic mass is 16.1. The number of anilines is 1. The van der Waals surface area contributed by atoms with Crippen LogP contribution < -0.4 is 5.73 Å². The second kappa shape index (κ2) is 5.13. The van der Waals surface area contributed by atoms with E-state index in [9.17, 15) is 4.79 Å². The van der Waals surface area contributed by atoms with Crippen LogP contribution in [0.25, 0.3) is 10.8 Å². The van der Waals surface area contributed by atoms with Gasteiger partial charge in [0.25, 0.3) is 0 Å². The molecule has 1 aromatic heterocycles. The van der Waals surface area contributed by atoms with Gasteiger partial charge in [-0.2, -0.15) is 0 Å². The number of benzene rings is 2. The molecule has 3 nitrogen and oxygen atoms in total. The molecule has 0 fully saturated rings. The average Bonchev–Trinajstić information content (AvgIpc) is 2.46. The lowest BCUT2D eigenvalue weighted by Gasteiger charge is -2.06. The SMILES string of the molecule is Nc1cccc(CC(=O)c2cccc3ccncc23)c1. The van der Waals surface area contributed by atoms with E-state index in [1.54, 1.807) is 12.4 Å². The molecule has 3 heteroatoms. The van der Waals surface area contributed by atoms with E-state index in [-0.39, 0.29) is 5.78 Å². The van der Waals surface area contributed by atoms with E-state index in [0.717, 1.165) is 16.3 Å². The van der Waals surface area contributed by atoms with Gasteiger partial charge in [-0.15, -0.1) is 0 Å². The predicted molar refractivity (Wildman–Crippen MR) is 80.6 cm³/mol. The number of fused-ring (bicyclic) bond motifs is 1. The molecule has 3 aromatic rings. The summed E-state index contributed by atoms with van der Waals surface area (Å²) < 4.78 is 0. The molecule has 0 aliphatic carbocycles. The monoisotopic (exact) mass is 262 g/mol. The first-order chi connectivity index (χ1) is 9.74. The second-order valence-corrected chi connectivity index (χ2v) is 4.75. The molecule has 98 valence electrons. The van der Waals surface area contributed by atoms with Gasteiger partial charge in [0.05, 0.1) is 0 Å². The van der Waals surface area contributed by atoms with E-state index in [0.29, 0.717) is 17.7 Å². The molecule has 0 unspecified atom stereocenters. The molecule has 0 spiro atoms. The zero-order valence-electron chi connectivity index (χ0n) is 10.9. The van der Waals surface area contributed by atoms with E-state index in [4.69, 9.17) is 5.73 Å². The van der Waals surface area contributed by atoms with Gasteiger partial charge in [-0.1, -0.05) is 30.3 Å². The number of pyridine rings is 1. The van der Waals surface area contributed by atoms with Gasteiger partial charge in [0.1, 0.15) is 0 Å². The Labute approximate surface area is 117 Å².